The third kappa shape index (κ3) is 4.47. The van der Waals surface area contributed by atoms with Gasteiger partial charge in [0.15, 0.2) is 11.5 Å². The van der Waals surface area contributed by atoms with Crippen molar-refractivity contribution in [3.63, 3.8) is 0 Å². The van der Waals surface area contributed by atoms with Crippen LogP contribution in [-0.4, -0.2) is 25.5 Å². The molecule has 0 aliphatic rings. The molecule has 1 N–H and O–H groups in total. The van der Waals surface area contributed by atoms with Crippen molar-refractivity contribution in [3.8, 4) is 11.5 Å². The number of aliphatic hydroxyl groups is 1. The first kappa shape index (κ1) is 15.9. The summed E-state index contributed by atoms with van der Waals surface area (Å²) in [6.07, 6.45) is -7.17. The fraction of sp³-hybridized carbons (Fsp3) is 0.500. The van der Waals surface area contributed by atoms with E-state index in [-0.39, 0.29) is 10.6 Å². The van der Waals surface area contributed by atoms with Gasteiger partial charge in [0.25, 0.3) is 0 Å². The molecule has 0 bridgehead atoms. The molecule has 0 spiro atoms. The normalized spacial score (nSPS) is 13.2. The number of rotatable bonds is 5. The number of halogens is 4. The number of hydrogen-bond acceptors (Lipinski definition) is 3. The van der Waals surface area contributed by atoms with Crippen molar-refractivity contribution in [1.29, 1.82) is 0 Å². The lowest BCUT2D eigenvalue weighted by molar-refractivity contribution is -0.140. The molecular weight excluding hydrogens is 285 g/mol. The Morgan fingerprint density at radius 1 is 1.21 bits per heavy atom. The van der Waals surface area contributed by atoms with Crippen molar-refractivity contribution in [2.45, 2.75) is 25.1 Å². The number of hydrogen-bond donors (Lipinski definition) is 1. The third-order valence-electron chi connectivity index (χ3n) is 2.56. The topological polar surface area (TPSA) is 38.7 Å². The van der Waals surface area contributed by atoms with E-state index < -0.39 is 25.1 Å². The summed E-state index contributed by atoms with van der Waals surface area (Å²) in [5.41, 5.74) is 0.184. The fourth-order valence-corrected chi connectivity index (χ4v) is 1.86. The maximum Gasteiger partial charge on any atom is 0.389 e. The Bertz CT molecular complexity index is 435. The molecule has 0 heterocycles. The number of methoxy groups -OCH3 is 2. The molecule has 1 atom stereocenters. The van der Waals surface area contributed by atoms with Gasteiger partial charge in [-0.1, -0.05) is 11.6 Å². The van der Waals surface area contributed by atoms with Gasteiger partial charge in [0.2, 0.25) is 0 Å². The summed E-state index contributed by atoms with van der Waals surface area (Å²) in [6, 6.07) is 2.77. The van der Waals surface area contributed by atoms with Crippen LogP contribution in [0.5, 0.6) is 11.5 Å². The quantitative estimate of drug-likeness (QED) is 0.900. The summed E-state index contributed by atoms with van der Waals surface area (Å²) < 4.78 is 46.3. The molecule has 0 aliphatic carbocycles. The second-order valence-electron chi connectivity index (χ2n) is 3.90. The van der Waals surface area contributed by atoms with Gasteiger partial charge in [-0.25, -0.2) is 0 Å². The van der Waals surface area contributed by atoms with Crippen molar-refractivity contribution in [3.05, 3.63) is 22.7 Å². The van der Waals surface area contributed by atoms with E-state index in [1.807, 2.05) is 0 Å². The largest absolute Gasteiger partial charge is 0.493 e. The highest BCUT2D eigenvalue weighted by atomic mass is 35.5. The van der Waals surface area contributed by atoms with Crippen molar-refractivity contribution in [1.82, 2.24) is 0 Å². The lowest BCUT2D eigenvalue weighted by Gasteiger charge is -2.16. The van der Waals surface area contributed by atoms with Crippen molar-refractivity contribution in [2.24, 2.45) is 0 Å². The van der Waals surface area contributed by atoms with Crippen LogP contribution in [0.4, 0.5) is 13.2 Å². The van der Waals surface area contributed by atoms with E-state index in [4.69, 9.17) is 21.1 Å². The number of alkyl halides is 3. The molecule has 0 radical (unpaired) electrons. The molecule has 0 aliphatic heterocycles. The molecule has 7 heteroatoms. The van der Waals surface area contributed by atoms with Gasteiger partial charge in [0.1, 0.15) is 0 Å². The highest BCUT2D eigenvalue weighted by Gasteiger charge is 2.29. The van der Waals surface area contributed by atoms with Crippen LogP contribution >= 0.6 is 11.6 Å². The third-order valence-corrected chi connectivity index (χ3v) is 2.89. The Balaban J connectivity index is 2.93. The first-order chi connectivity index (χ1) is 8.78. The Kier molecular flexibility index (Phi) is 5.31. The molecule has 1 unspecified atom stereocenters. The predicted octanol–water partition coefficient (Wildman–Crippen LogP) is 3.73. The number of aliphatic hydroxyl groups excluding tert-OH is 1. The molecule has 1 aromatic carbocycles. The van der Waals surface area contributed by atoms with Gasteiger partial charge >= 0.3 is 6.18 Å². The molecule has 0 fully saturated rings. The summed E-state index contributed by atoms with van der Waals surface area (Å²) in [7, 11) is 2.80. The molecule has 0 saturated heterocycles. The van der Waals surface area contributed by atoms with Crippen LogP contribution in [0.1, 0.15) is 24.5 Å². The van der Waals surface area contributed by atoms with E-state index in [1.54, 1.807) is 0 Å². The van der Waals surface area contributed by atoms with E-state index in [0.29, 0.717) is 11.5 Å². The maximum absolute atomic E-state index is 12.1. The minimum Gasteiger partial charge on any atom is -0.493 e. The molecule has 108 valence electrons. The van der Waals surface area contributed by atoms with Gasteiger partial charge in [-0.3, -0.25) is 0 Å². The lowest BCUT2D eigenvalue weighted by Crippen LogP contribution is -2.10. The van der Waals surface area contributed by atoms with E-state index >= 15 is 0 Å². The molecule has 19 heavy (non-hydrogen) atoms. The summed E-state index contributed by atoms with van der Waals surface area (Å²) in [5, 5.41) is 9.90. The predicted molar refractivity (Wildman–Crippen MR) is 64.8 cm³/mol. The highest BCUT2D eigenvalue weighted by Crippen LogP contribution is 2.38. The summed E-state index contributed by atoms with van der Waals surface area (Å²) in [5.74, 6) is 0.646. The van der Waals surface area contributed by atoms with Gasteiger partial charge < -0.3 is 14.6 Å². The van der Waals surface area contributed by atoms with Crippen LogP contribution < -0.4 is 9.47 Å². The van der Waals surface area contributed by atoms with Crippen LogP contribution in [0, 0.1) is 0 Å². The first-order valence-electron chi connectivity index (χ1n) is 5.44. The van der Waals surface area contributed by atoms with Crippen LogP contribution in [-0.2, 0) is 0 Å². The second-order valence-corrected chi connectivity index (χ2v) is 4.31. The van der Waals surface area contributed by atoms with Crippen molar-refractivity contribution in [2.75, 3.05) is 14.2 Å². The fourth-order valence-electron chi connectivity index (χ4n) is 1.58. The van der Waals surface area contributed by atoms with E-state index in [1.165, 1.54) is 26.4 Å². The van der Waals surface area contributed by atoms with Crippen LogP contribution in [0.15, 0.2) is 12.1 Å². The summed E-state index contributed by atoms with van der Waals surface area (Å²) in [6.45, 7) is 0. The first-order valence-corrected chi connectivity index (χ1v) is 5.82. The van der Waals surface area contributed by atoms with Gasteiger partial charge in [-0.2, -0.15) is 13.2 Å². The Hall–Kier alpha value is -1.14. The monoisotopic (exact) mass is 298 g/mol. The summed E-state index contributed by atoms with van der Waals surface area (Å²) in [4.78, 5) is 0. The Labute approximate surface area is 113 Å². The molecular formula is C12H14ClF3O3. The van der Waals surface area contributed by atoms with Crippen LogP contribution in [0.3, 0.4) is 0 Å². The SMILES string of the molecule is COc1cc(Cl)c(C(O)CCC(F)(F)F)cc1OC. The molecule has 0 amide bonds. The van der Waals surface area contributed by atoms with Gasteiger partial charge in [0, 0.05) is 18.1 Å². The molecule has 0 saturated carbocycles. The van der Waals surface area contributed by atoms with Gasteiger partial charge in [-0.15, -0.1) is 0 Å². The average molecular weight is 299 g/mol. The highest BCUT2D eigenvalue weighted by molar-refractivity contribution is 6.31. The van der Waals surface area contributed by atoms with Crippen molar-refractivity contribution >= 4 is 11.6 Å². The Morgan fingerprint density at radius 2 is 1.74 bits per heavy atom. The second kappa shape index (κ2) is 6.34. The minimum atomic E-state index is -4.32. The minimum absolute atomic E-state index is 0.132. The average Bonchev–Trinajstić information content (AvgIpc) is 2.34. The van der Waals surface area contributed by atoms with Gasteiger partial charge in [0.05, 0.1) is 25.3 Å². The molecule has 1 rings (SSSR count). The van der Waals surface area contributed by atoms with E-state index in [2.05, 4.69) is 0 Å². The number of ether oxygens (including phenoxy) is 2. The van der Waals surface area contributed by atoms with Crippen molar-refractivity contribution < 1.29 is 27.8 Å². The zero-order valence-corrected chi connectivity index (χ0v) is 11.2. The van der Waals surface area contributed by atoms with Crippen LogP contribution in [0.25, 0.3) is 0 Å². The van der Waals surface area contributed by atoms with E-state index in [9.17, 15) is 18.3 Å². The van der Waals surface area contributed by atoms with Crippen LogP contribution in [0.2, 0.25) is 5.02 Å². The Morgan fingerprint density at radius 3 is 2.21 bits per heavy atom. The zero-order chi connectivity index (χ0) is 14.6. The van der Waals surface area contributed by atoms with E-state index in [0.717, 1.165) is 0 Å². The maximum atomic E-state index is 12.1. The number of benzene rings is 1. The molecule has 3 nitrogen and oxygen atoms in total. The van der Waals surface area contributed by atoms with Gasteiger partial charge in [-0.05, 0) is 12.5 Å². The standard InChI is InChI=1S/C12H14ClF3O3/c1-18-10-5-7(8(13)6-11(10)19-2)9(17)3-4-12(14,15)16/h5-6,9,17H,3-4H2,1-2H3. The molecule has 1 aromatic rings. The smallest absolute Gasteiger partial charge is 0.389 e. The zero-order valence-electron chi connectivity index (χ0n) is 10.4. The lowest BCUT2D eigenvalue weighted by atomic mass is 10.0. The summed E-state index contributed by atoms with van der Waals surface area (Å²) >= 11 is 5.91. The molecule has 0 aromatic heterocycles.